The maximum absolute atomic E-state index is 14.0. The number of carbonyl (C=O) groups excluding carboxylic acids is 4. The number of hydrogen-bond donors (Lipinski definition) is 2. The standard InChI is InChI=1S/C20H21F3N4O4/c21-12-7-14(23)13(22)6-11(12)18(30)27-5-3-20(10-27)2-1-4-26(9-20)16(28)8-15-17(29)25-19(31)24-15/h6-7,15H,1-5,8-10H2,(H2,24,25,29,31). The smallest absolute Gasteiger partial charge is 0.322 e. The van der Waals surface area contributed by atoms with E-state index in [4.69, 9.17) is 0 Å². The molecule has 1 aromatic rings. The van der Waals surface area contributed by atoms with Gasteiger partial charge in [0.05, 0.1) is 12.0 Å². The number of imide groups is 1. The number of nitrogens with one attached hydrogen (secondary N) is 2. The van der Waals surface area contributed by atoms with Gasteiger partial charge in [0, 0.05) is 37.7 Å². The molecular formula is C20H21F3N4O4. The molecule has 4 rings (SSSR count). The minimum Gasteiger partial charge on any atom is -0.342 e. The third-order valence-electron chi connectivity index (χ3n) is 6.22. The Balaban J connectivity index is 1.42. The van der Waals surface area contributed by atoms with Crippen LogP contribution in [0.4, 0.5) is 18.0 Å². The van der Waals surface area contributed by atoms with Gasteiger partial charge in [0.25, 0.3) is 11.8 Å². The summed E-state index contributed by atoms with van der Waals surface area (Å²) in [7, 11) is 0. The lowest BCUT2D eigenvalue weighted by atomic mass is 9.79. The zero-order valence-corrected chi connectivity index (χ0v) is 16.6. The fraction of sp³-hybridized carbons (Fsp3) is 0.500. The first kappa shape index (κ1) is 21.1. The number of amides is 5. The molecule has 0 aromatic heterocycles. The largest absolute Gasteiger partial charge is 0.342 e. The van der Waals surface area contributed by atoms with E-state index in [9.17, 15) is 32.3 Å². The summed E-state index contributed by atoms with van der Waals surface area (Å²) in [5.74, 6) is -5.32. The second kappa shape index (κ2) is 7.86. The molecule has 3 heterocycles. The van der Waals surface area contributed by atoms with E-state index in [0.29, 0.717) is 44.6 Å². The summed E-state index contributed by atoms with van der Waals surface area (Å²) >= 11 is 0. The van der Waals surface area contributed by atoms with Crippen molar-refractivity contribution in [3.8, 4) is 0 Å². The van der Waals surface area contributed by atoms with Crippen molar-refractivity contribution >= 4 is 23.8 Å². The molecule has 0 saturated carbocycles. The van der Waals surface area contributed by atoms with Crippen LogP contribution < -0.4 is 10.6 Å². The van der Waals surface area contributed by atoms with Crippen LogP contribution in [0, 0.1) is 22.9 Å². The summed E-state index contributed by atoms with van der Waals surface area (Å²) in [5, 5.41) is 4.48. The molecule has 31 heavy (non-hydrogen) atoms. The van der Waals surface area contributed by atoms with Crippen LogP contribution in [0.3, 0.4) is 0 Å². The number of urea groups is 1. The third-order valence-corrected chi connectivity index (χ3v) is 6.22. The molecule has 166 valence electrons. The van der Waals surface area contributed by atoms with Crippen molar-refractivity contribution in [1.29, 1.82) is 0 Å². The Hall–Kier alpha value is -3.11. The first-order valence-corrected chi connectivity index (χ1v) is 10.0. The van der Waals surface area contributed by atoms with Crippen molar-refractivity contribution in [1.82, 2.24) is 20.4 Å². The second-order valence-electron chi connectivity index (χ2n) is 8.36. The minimum absolute atomic E-state index is 0.156. The van der Waals surface area contributed by atoms with Crippen molar-refractivity contribution < 1.29 is 32.3 Å². The van der Waals surface area contributed by atoms with E-state index in [-0.39, 0.29) is 24.3 Å². The number of carbonyl (C=O) groups is 4. The van der Waals surface area contributed by atoms with E-state index < -0.39 is 46.9 Å². The van der Waals surface area contributed by atoms with Crippen molar-refractivity contribution in [2.24, 2.45) is 5.41 Å². The predicted molar refractivity (Wildman–Crippen MR) is 100 cm³/mol. The lowest BCUT2D eigenvalue weighted by molar-refractivity contribution is -0.136. The van der Waals surface area contributed by atoms with Gasteiger partial charge in [-0.25, -0.2) is 18.0 Å². The van der Waals surface area contributed by atoms with Gasteiger partial charge in [0.15, 0.2) is 11.6 Å². The Labute approximate surface area is 175 Å². The number of nitrogens with zero attached hydrogens (tertiary/aromatic N) is 2. The minimum atomic E-state index is -1.36. The van der Waals surface area contributed by atoms with Crippen LogP contribution in [0.5, 0.6) is 0 Å². The summed E-state index contributed by atoms with van der Waals surface area (Å²) in [5.41, 5.74) is -0.914. The van der Waals surface area contributed by atoms with Crippen LogP contribution >= 0.6 is 0 Å². The molecule has 1 aromatic carbocycles. The lowest BCUT2D eigenvalue weighted by Gasteiger charge is -2.40. The topological polar surface area (TPSA) is 98.8 Å². The van der Waals surface area contributed by atoms with Crippen LogP contribution in [0.15, 0.2) is 12.1 Å². The fourth-order valence-electron chi connectivity index (χ4n) is 4.63. The first-order chi connectivity index (χ1) is 14.7. The first-order valence-electron chi connectivity index (χ1n) is 10.0. The monoisotopic (exact) mass is 438 g/mol. The molecule has 0 aliphatic carbocycles. The van der Waals surface area contributed by atoms with Crippen molar-refractivity contribution in [3.05, 3.63) is 35.1 Å². The summed E-state index contributed by atoms with van der Waals surface area (Å²) in [4.78, 5) is 51.3. The van der Waals surface area contributed by atoms with Gasteiger partial charge in [0.1, 0.15) is 11.9 Å². The normalized spacial score (nSPS) is 25.7. The molecular weight excluding hydrogens is 417 g/mol. The molecule has 3 aliphatic rings. The highest BCUT2D eigenvalue weighted by molar-refractivity contribution is 6.05. The zero-order chi connectivity index (χ0) is 22.3. The van der Waals surface area contributed by atoms with Gasteiger partial charge in [-0.15, -0.1) is 0 Å². The number of piperidine rings is 1. The number of halogens is 3. The van der Waals surface area contributed by atoms with Gasteiger partial charge in [-0.2, -0.15) is 0 Å². The summed E-state index contributed by atoms with van der Waals surface area (Å²) in [6.07, 6.45) is 1.86. The van der Waals surface area contributed by atoms with E-state index in [0.717, 1.165) is 6.42 Å². The Bertz CT molecular complexity index is 972. The second-order valence-corrected chi connectivity index (χ2v) is 8.36. The summed E-state index contributed by atoms with van der Waals surface area (Å²) in [6.45, 7) is 1.42. The molecule has 2 unspecified atom stereocenters. The SMILES string of the molecule is O=C1NC(=O)C(CC(=O)N2CCCC3(CCN(C(=O)c4cc(F)c(F)cc4F)C3)C2)N1. The van der Waals surface area contributed by atoms with Gasteiger partial charge in [-0.3, -0.25) is 19.7 Å². The molecule has 3 saturated heterocycles. The predicted octanol–water partition coefficient (Wildman–Crippen LogP) is 1.16. The van der Waals surface area contributed by atoms with Crippen molar-refractivity contribution in [2.75, 3.05) is 26.2 Å². The van der Waals surface area contributed by atoms with Gasteiger partial charge in [-0.05, 0) is 25.3 Å². The van der Waals surface area contributed by atoms with Crippen LogP contribution in [0.2, 0.25) is 0 Å². The molecule has 11 heteroatoms. The Kier molecular flexibility index (Phi) is 5.36. The third kappa shape index (κ3) is 4.08. The van der Waals surface area contributed by atoms with Crippen LogP contribution in [0.1, 0.15) is 36.0 Å². The highest BCUT2D eigenvalue weighted by atomic mass is 19.2. The Morgan fingerprint density at radius 1 is 1.00 bits per heavy atom. The lowest BCUT2D eigenvalue weighted by Crippen LogP contribution is -2.49. The molecule has 0 bridgehead atoms. The van der Waals surface area contributed by atoms with E-state index >= 15 is 0 Å². The highest BCUT2D eigenvalue weighted by Crippen LogP contribution is 2.39. The van der Waals surface area contributed by atoms with Crippen LogP contribution in [0.25, 0.3) is 0 Å². The van der Waals surface area contributed by atoms with E-state index in [1.54, 1.807) is 4.90 Å². The summed E-state index contributed by atoms with van der Waals surface area (Å²) in [6, 6.07) is -0.619. The number of rotatable bonds is 3. The van der Waals surface area contributed by atoms with Gasteiger partial charge in [0.2, 0.25) is 5.91 Å². The zero-order valence-electron chi connectivity index (χ0n) is 16.6. The highest BCUT2D eigenvalue weighted by Gasteiger charge is 2.45. The molecule has 3 aliphatic heterocycles. The van der Waals surface area contributed by atoms with Crippen molar-refractivity contribution in [3.63, 3.8) is 0 Å². The van der Waals surface area contributed by atoms with Gasteiger partial charge < -0.3 is 15.1 Å². The van der Waals surface area contributed by atoms with Gasteiger partial charge >= 0.3 is 6.03 Å². The number of benzene rings is 1. The maximum Gasteiger partial charge on any atom is 0.322 e. The van der Waals surface area contributed by atoms with Crippen molar-refractivity contribution in [2.45, 2.75) is 31.7 Å². The van der Waals surface area contributed by atoms with E-state index in [1.807, 2.05) is 0 Å². The molecule has 1 spiro atoms. The Morgan fingerprint density at radius 2 is 1.71 bits per heavy atom. The number of hydrogen-bond acceptors (Lipinski definition) is 4. The molecule has 2 N–H and O–H groups in total. The maximum atomic E-state index is 14.0. The summed E-state index contributed by atoms with van der Waals surface area (Å²) < 4.78 is 40.7. The average molecular weight is 438 g/mol. The molecule has 0 radical (unpaired) electrons. The Morgan fingerprint density at radius 3 is 2.42 bits per heavy atom. The van der Waals surface area contributed by atoms with E-state index in [1.165, 1.54) is 4.90 Å². The van der Waals surface area contributed by atoms with Crippen LogP contribution in [-0.2, 0) is 9.59 Å². The van der Waals surface area contributed by atoms with Gasteiger partial charge in [-0.1, -0.05) is 0 Å². The molecule has 8 nitrogen and oxygen atoms in total. The average Bonchev–Trinajstić information content (AvgIpc) is 3.26. The van der Waals surface area contributed by atoms with Crippen LogP contribution in [-0.4, -0.2) is 65.8 Å². The molecule has 3 fully saturated rings. The molecule has 2 atom stereocenters. The number of likely N-dealkylation sites (tertiary alicyclic amines) is 2. The molecule has 5 amide bonds. The quantitative estimate of drug-likeness (QED) is 0.547. The van der Waals surface area contributed by atoms with E-state index in [2.05, 4.69) is 10.6 Å². The fourth-order valence-corrected chi connectivity index (χ4v) is 4.63.